The Hall–Kier alpha value is -2.48. The predicted octanol–water partition coefficient (Wildman–Crippen LogP) is 3.01. The summed E-state index contributed by atoms with van der Waals surface area (Å²) in [6.45, 7) is 10.5. The molecule has 1 aromatic carbocycles. The molecule has 0 saturated carbocycles. The maximum Gasteiger partial charge on any atom is 0.161 e. The van der Waals surface area contributed by atoms with Gasteiger partial charge in [-0.1, -0.05) is 32.0 Å². The first-order valence-corrected chi connectivity index (χ1v) is 11.2. The number of hydrogen-bond acceptors (Lipinski definition) is 6. The van der Waals surface area contributed by atoms with Crippen LogP contribution in [0.15, 0.2) is 36.5 Å². The quantitative estimate of drug-likeness (QED) is 0.602. The van der Waals surface area contributed by atoms with Crippen LogP contribution in [-0.4, -0.2) is 73.0 Å². The number of ether oxygens (including phenoxy) is 1. The van der Waals surface area contributed by atoms with Crippen molar-refractivity contribution >= 4 is 11.5 Å². The van der Waals surface area contributed by atoms with E-state index >= 15 is 0 Å². The van der Waals surface area contributed by atoms with Crippen molar-refractivity contribution in [3.8, 4) is 11.3 Å². The molecule has 0 aliphatic carbocycles. The molecule has 0 spiro atoms. The molecule has 4 rings (SSSR count). The zero-order valence-corrected chi connectivity index (χ0v) is 19.1. The molecule has 7 nitrogen and oxygen atoms in total. The number of benzene rings is 1. The summed E-state index contributed by atoms with van der Waals surface area (Å²) in [7, 11) is 4.15. The van der Waals surface area contributed by atoms with Crippen molar-refractivity contribution in [3.63, 3.8) is 0 Å². The molecule has 3 heterocycles. The number of likely N-dealkylation sites (N-methyl/N-ethyl adjacent to an activating group) is 2. The number of hydrogen-bond donors (Lipinski definition) is 1. The van der Waals surface area contributed by atoms with Gasteiger partial charge in [0.2, 0.25) is 0 Å². The number of nitrogens with zero attached hydrogens (tertiary/aromatic N) is 5. The van der Waals surface area contributed by atoms with E-state index in [9.17, 15) is 0 Å². The second-order valence-electron chi connectivity index (χ2n) is 8.63. The van der Waals surface area contributed by atoms with Gasteiger partial charge in [-0.15, -0.1) is 0 Å². The summed E-state index contributed by atoms with van der Waals surface area (Å²) in [6.07, 6.45) is 1.97. The van der Waals surface area contributed by atoms with Crippen LogP contribution in [0.5, 0.6) is 0 Å². The van der Waals surface area contributed by atoms with E-state index in [4.69, 9.17) is 14.8 Å². The van der Waals surface area contributed by atoms with E-state index in [1.165, 1.54) is 11.1 Å². The highest BCUT2D eigenvalue weighted by molar-refractivity contribution is 5.69. The molecule has 2 aromatic heterocycles. The van der Waals surface area contributed by atoms with Gasteiger partial charge in [-0.05, 0) is 31.6 Å². The van der Waals surface area contributed by atoms with Crippen LogP contribution in [0.25, 0.3) is 16.9 Å². The lowest BCUT2D eigenvalue weighted by Gasteiger charge is -2.29. The molecule has 0 radical (unpaired) electrons. The van der Waals surface area contributed by atoms with Crippen molar-refractivity contribution < 1.29 is 4.74 Å². The van der Waals surface area contributed by atoms with E-state index in [2.05, 4.69) is 66.3 Å². The average molecular weight is 423 g/mol. The Morgan fingerprint density at radius 1 is 1.19 bits per heavy atom. The minimum atomic E-state index is 0.366. The van der Waals surface area contributed by atoms with E-state index in [0.717, 1.165) is 68.7 Å². The summed E-state index contributed by atoms with van der Waals surface area (Å²) in [6, 6.07) is 10.9. The number of morpholine rings is 1. The van der Waals surface area contributed by atoms with Crippen molar-refractivity contribution in [3.05, 3.63) is 47.7 Å². The molecule has 7 heteroatoms. The molecule has 1 saturated heterocycles. The average Bonchev–Trinajstić information content (AvgIpc) is 3.22. The third-order valence-electron chi connectivity index (χ3n) is 5.86. The van der Waals surface area contributed by atoms with Gasteiger partial charge < -0.3 is 19.9 Å². The van der Waals surface area contributed by atoms with E-state index in [1.54, 1.807) is 0 Å². The molecule has 0 unspecified atom stereocenters. The zero-order chi connectivity index (χ0) is 21.8. The second-order valence-corrected chi connectivity index (χ2v) is 8.63. The Bertz CT molecular complexity index is 1010. The molecule has 1 aliphatic heterocycles. The second kappa shape index (κ2) is 9.77. The van der Waals surface area contributed by atoms with Gasteiger partial charge in [0.1, 0.15) is 5.82 Å². The summed E-state index contributed by atoms with van der Waals surface area (Å²) in [5.41, 5.74) is 5.57. The van der Waals surface area contributed by atoms with E-state index in [1.807, 2.05) is 17.8 Å². The van der Waals surface area contributed by atoms with E-state index in [0.29, 0.717) is 5.92 Å². The Morgan fingerprint density at radius 2 is 2.00 bits per heavy atom. The largest absolute Gasteiger partial charge is 0.378 e. The first-order valence-electron chi connectivity index (χ1n) is 11.2. The third kappa shape index (κ3) is 4.89. The Morgan fingerprint density at radius 3 is 2.74 bits per heavy atom. The highest BCUT2D eigenvalue weighted by Crippen LogP contribution is 2.29. The number of aromatic nitrogens is 3. The fourth-order valence-electron chi connectivity index (χ4n) is 4.06. The summed E-state index contributed by atoms with van der Waals surface area (Å²) in [4.78, 5) is 9.76. The molecule has 1 N–H and O–H groups in total. The summed E-state index contributed by atoms with van der Waals surface area (Å²) >= 11 is 0. The molecule has 166 valence electrons. The first kappa shape index (κ1) is 21.7. The maximum absolute atomic E-state index is 5.58. The van der Waals surface area contributed by atoms with Crippen molar-refractivity contribution in [1.29, 1.82) is 0 Å². The number of rotatable bonds is 8. The van der Waals surface area contributed by atoms with Gasteiger partial charge in [0.15, 0.2) is 5.65 Å². The molecule has 31 heavy (non-hydrogen) atoms. The molecular weight excluding hydrogens is 388 g/mol. The lowest BCUT2D eigenvalue weighted by Crippen LogP contribution is -2.37. The van der Waals surface area contributed by atoms with Gasteiger partial charge in [-0.25, -0.2) is 4.98 Å². The van der Waals surface area contributed by atoms with Crippen LogP contribution in [0.2, 0.25) is 0 Å². The van der Waals surface area contributed by atoms with Gasteiger partial charge in [-0.3, -0.25) is 0 Å². The first-order chi connectivity index (χ1) is 15.1. The maximum atomic E-state index is 5.58. The lowest BCUT2D eigenvalue weighted by atomic mass is 10.1. The fourth-order valence-corrected chi connectivity index (χ4v) is 4.06. The summed E-state index contributed by atoms with van der Waals surface area (Å²) in [5.74, 6) is 1.46. The third-order valence-corrected chi connectivity index (χ3v) is 5.86. The lowest BCUT2D eigenvalue weighted by molar-refractivity contribution is 0.122. The fraction of sp³-hybridized carbons (Fsp3) is 0.500. The number of fused-ring (bicyclic) bond motifs is 1. The van der Waals surface area contributed by atoms with Crippen LogP contribution >= 0.6 is 0 Å². The normalized spacial score (nSPS) is 14.8. The minimum Gasteiger partial charge on any atom is -0.378 e. The Labute approximate surface area is 185 Å². The van der Waals surface area contributed by atoms with E-state index < -0.39 is 0 Å². The Balaban J connectivity index is 1.73. The molecular formula is C24H34N6O. The van der Waals surface area contributed by atoms with Gasteiger partial charge in [-0.2, -0.15) is 9.61 Å². The topological polar surface area (TPSA) is 57.9 Å². The molecule has 0 bridgehead atoms. The van der Waals surface area contributed by atoms with Crippen LogP contribution in [0, 0.1) is 0 Å². The smallest absolute Gasteiger partial charge is 0.161 e. The predicted molar refractivity (Wildman–Crippen MR) is 126 cm³/mol. The monoisotopic (exact) mass is 422 g/mol. The molecule has 3 aromatic rings. The summed E-state index contributed by atoms with van der Waals surface area (Å²) in [5, 5.41) is 7.91. The minimum absolute atomic E-state index is 0.366. The van der Waals surface area contributed by atoms with Gasteiger partial charge in [0.05, 0.1) is 25.1 Å². The molecule has 1 aliphatic rings. The van der Waals surface area contributed by atoms with Crippen LogP contribution in [0.3, 0.4) is 0 Å². The van der Waals surface area contributed by atoms with Crippen molar-refractivity contribution in [2.45, 2.75) is 26.3 Å². The van der Waals surface area contributed by atoms with Crippen LogP contribution in [0.4, 0.5) is 5.82 Å². The Kier molecular flexibility index (Phi) is 6.85. The summed E-state index contributed by atoms with van der Waals surface area (Å²) < 4.78 is 7.58. The van der Waals surface area contributed by atoms with Gasteiger partial charge >= 0.3 is 0 Å². The van der Waals surface area contributed by atoms with Crippen molar-refractivity contribution in [2.24, 2.45) is 0 Å². The van der Waals surface area contributed by atoms with Crippen LogP contribution in [-0.2, 0) is 11.3 Å². The van der Waals surface area contributed by atoms with Crippen LogP contribution in [0.1, 0.15) is 30.9 Å². The number of anilines is 1. The van der Waals surface area contributed by atoms with Crippen molar-refractivity contribution in [2.75, 3.05) is 58.4 Å². The molecule has 1 fully saturated rings. The van der Waals surface area contributed by atoms with E-state index in [-0.39, 0.29) is 0 Å². The molecule has 0 amide bonds. The highest BCUT2D eigenvalue weighted by atomic mass is 16.5. The van der Waals surface area contributed by atoms with Gasteiger partial charge in [0, 0.05) is 49.9 Å². The standard InChI is InChI=1S/C24H34N6O/c1-18(2)21-16-26-30-23(29-10-12-31-13-11-29)15-22(27-24(21)30)20-7-5-6-19(14-20)17-28(4)9-8-25-3/h5-7,14-16,18,25H,8-13,17H2,1-4H3. The number of nitrogens with one attached hydrogen (secondary N) is 1. The highest BCUT2D eigenvalue weighted by Gasteiger charge is 2.20. The SMILES string of the molecule is CNCCN(C)Cc1cccc(-c2cc(N3CCOCC3)n3ncc(C(C)C)c3n2)c1. The molecule has 0 atom stereocenters. The van der Waals surface area contributed by atoms with Gasteiger partial charge in [0.25, 0.3) is 0 Å². The van der Waals surface area contributed by atoms with Crippen LogP contribution < -0.4 is 10.2 Å². The van der Waals surface area contributed by atoms with Crippen molar-refractivity contribution in [1.82, 2.24) is 24.8 Å². The zero-order valence-electron chi connectivity index (χ0n) is 19.1.